The summed E-state index contributed by atoms with van der Waals surface area (Å²) in [6, 6.07) is 0. The fraction of sp³-hybridized carbons (Fsp3) is 0.556. The van der Waals surface area contributed by atoms with Crippen LogP contribution < -0.4 is 14.8 Å². The molecule has 9 nitrogen and oxygen atoms in total. The molecule has 148 valence electrons. The van der Waals surface area contributed by atoms with Crippen molar-refractivity contribution in [2.45, 2.75) is 53.1 Å². The van der Waals surface area contributed by atoms with Crippen LogP contribution in [0.5, 0.6) is 11.5 Å². The molecular formula is C18H24N2O7. The van der Waals surface area contributed by atoms with Gasteiger partial charge in [0.15, 0.2) is 5.60 Å². The van der Waals surface area contributed by atoms with Crippen LogP contribution in [0.15, 0.2) is 0 Å². The van der Waals surface area contributed by atoms with Crippen LogP contribution >= 0.6 is 0 Å². The highest BCUT2D eigenvalue weighted by atomic mass is 16.9. The Morgan fingerprint density at radius 1 is 1.26 bits per heavy atom. The molecule has 1 heterocycles. The van der Waals surface area contributed by atoms with Crippen molar-refractivity contribution >= 4 is 11.9 Å². The lowest BCUT2D eigenvalue weighted by atomic mass is 9.86. The highest BCUT2D eigenvalue weighted by Gasteiger charge is 2.40. The number of nitrogens with one attached hydrogen (secondary N) is 1. The van der Waals surface area contributed by atoms with Crippen molar-refractivity contribution in [3.63, 3.8) is 0 Å². The van der Waals surface area contributed by atoms with Gasteiger partial charge in [0.25, 0.3) is 11.0 Å². The van der Waals surface area contributed by atoms with Crippen molar-refractivity contribution in [3.8, 4) is 11.5 Å². The third-order valence-corrected chi connectivity index (χ3v) is 4.80. The summed E-state index contributed by atoms with van der Waals surface area (Å²) in [6.07, 6.45) is 0.997. The molecule has 1 atom stereocenters. The van der Waals surface area contributed by atoms with Crippen molar-refractivity contribution in [3.05, 3.63) is 32.4 Å². The number of ether oxygens (including phenoxy) is 2. The second kappa shape index (κ2) is 7.81. The molecule has 1 amide bonds. The number of rotatable bonds is 6. The number of hydrogen-bond donors (Lipinski definition) is 1. The number of hydrogen-bond acceptors (Lipinski definition) is 7. The van der Waals surface area contributed by atoms with E-state index in [-0.39, 0.29) is 19.1 Å². The summed E-state index contributed by atoms with van der Waals surface area (Å²) < 4.78 is 11.4. The van der Waals surface area contributed by atoms with Crippen LogP contribution in [-0.2, 0) is 20.8 Å². The Kier molecular flexibility index (Phi) is 5.92. The van der Waals surface area contributed by atoms with Crippen molar-refractivity contribution in [2.75, 3.05) is 13.2 Å². The highest BCUT2D eigenvalue weighted by Crippen LogP contribution is 2.43. The fourth-order valence-electron chi connectivity index (χ4n) is 3.16. The van der Waals surface area contributed by atoms with E-state index in [0.29, 0.717) is 24.3 Å². The van der Waals surface area contributed by atoms with Crippen LogP contribution in [0.1, 0.15) is 42.5 Å². The molecule has 0 saturated carbocycles. The number of benzene rings is 1. The molecular weight excluding hydrogens is 356 g/mol. The molecule has 0 saturated heterocycles. The summed E-state index contributed by atoms with van der Waals surface area (Å²) >= 11 is 0. The smallest absolute Gasteiger partial charge is 0.308 e. The number of carbonyl (C=O) groups is 2. The van der Waals surface area contributed by atoms with Crippen LogP contribution in [0.4, 0.5) is 0 Å². The quantitative estimate of drug-likeness (QED) is 0.263. The van der Waals surface area contributed by atoms with Gasteiger partial charge in [-0.3, -0.25) is 9.59 Å². The van der Waals surface area contributed by atoms with Crippen LogP contribution in [0.3, 0.4) is 0 Å². The molecule has 1 aliphatic heterocycles. The third-order valence-electron chi connectivity index (χ3n) is 4.80. The maximum Gasteiger partial charge on any atom is 0.308 e. The number of amides is 1. The van der Waals surface area contributed by atoms with E-state index >= 15 is 0 Å². The van der Waals surface area contributed by atoms with Gasteiger partial charge in [0.1, 0.15) is 18.1 Å². The average Bonchev–Trinajstić information content (AvgIpc) is 2.59. The minimum Gasteiger partial charge on any atom is -0.477 e. The van der Waals surface area contributed by atoms with Gasteiger partial charge in [-0.25, -0.2) is 0 Å². The van der Waals surface area contributed by atoms with E-state index in [2.05, 4.69) is 10.2 Å². The lowest BCUT2D eigenvalue weighted by Crippen LogP contribution is -2.51. The third kappa shape index (κ3) is 4.29. The van der Waals surface area contributed by atoms with Gasteiger partial charge in [-0.05, 0) is 50.8 Å². The highest BCUT2D eigenvalue weighted by molar-refractivity contribution is 5.86. The van der Waals surface area contributed by atoms with Gasteiger partial charge >= 0.3 is 5.97 Å². The molecule has 0 aromatic heterocycles. The van der Waals surface area contributed by atoms with Crippen molar-refractivity contribution in [1.82, 2.24) is 5.32 Å². The Labute approximate surface area is 157 Å². The maximum atomic E-state index is 12.5. The molecule has 0 aliphatic carbocycles. The Morgan fingerprint density at radius 2 is 1.93 bits per heavy atom. The standard InChI is InChI=1S/C18H24N2O7/c1-10-11(2)16-14(12(3)15(10)26-13(4)21)6-7-18(5,27-16)17(22)19-8-9-25-20(23)24/h6-9H2,1-5H3,(H,19,22). The number of esters is 1. The van der Waals surface area contributed by atoms with Gasteiger partial charge in [-0.15, -0.1) is 10.1 Å². The monoisotopic (exact) mass is 380 g/mol. The topological polar surface area (TPSA) is 117 Å². The van der Waals surface area contributed by atoms with Crippen LogP contribution in [0, 0.1) is 30.9 Å². The number of nitrogens with zero attached hydrogens (tertiary/aromatic N) is 1. The van der Waals surface area contributed by atoms with E-state index in [1.807, 2.05) is 20.8 Å². The summed E-state index contributed by atoms with van der Waals surface area (Å²) in [5.41, 5.74) is 2.22. The zero-order chi connectivity index (χ0) is 20.4. The van der Waals surface area contributed by atoms with Gasteiger partial charge in [0.2, 0.25) is 0 Å². The maximum absolute atomic E-state index is 12.5. The average molecular weight is 380 g/mol. The SMILES string of the molecule is CC(=O)Oc1c(C)c(C)c2c(c1C)CCC(C)(C(=O)NCCO[N+](=O)[O-])O2. The lowest BCUT2D eigenvalue weighted by molar-refractivity contribution is -0.757. The lowest BCUT2D eigenvalue weighted by Gasteiger charge is -2.36. The Hall–Kier alpha value is -2.84. The second-order valence-electron chi connectivity index (χ2n) is 6.75. The molecule has 1 aromatic carbocycles. The number of fused-ring (bicyclic) bond motifs is 1. The van der Waals surface area contributed by atoms with E-state index in [9.17, 15) is 19.7 Å². The van der Waals surface area contributed by atoms with Crippen LogP contribution in [0.25, 0.3) is 0 Å². The van der Waals surface area contributed by atoms with Gasteiger partial charge in [0.05, 0.1) is 0 Å². The molecule has 0 spiro atoms. The van der Waals surface area contributed by atoms with Gasteiger partial charge in [-0.1, -0.05) is 0 Å². The summed E-state index contributed by atoms with van der Waals surface area (Å²) in [5, 5.41) is 11.9. The molecule has 1 N–H and O–H groups in total. The first-order valence-electron chi connectivity index (χ1n) is 8.62. The molecule has 0 radical (unpaired) electrons. The van der Waals surface area contributed by atoms with Gasteiger partial charge < -0.3 is 19.6 Å². The minimum atomic E-state index is -1.10. The van der Waals surface area contributed by atoms with E-state index < -0.39 is 16.7 Å². The molecule has 0 bridgehead atoms. The van der Waals surface area contributed by atoms with E-state index in [1.165, 1.54) is 6.92 Å². The summed E-state index contributed by atoms with van der Waals surface area (Å²) in [7, 11) is 0. The minimum absolute atomic E-state index is 0.00798. The predicted molar refractivity (Wildman–Crippen MR) is 95.3 cm³/mol. The van der Waals surface area contributed by atoms with E-state index in [0.717, 1.165) is 22.3 Å². The Morgan fingerprint density at radius 3 is 2.52 bits per heavy atom. The fourth-order valence-corrected chi connectivity index (χ4v) is 3.16. The van der Waals surface area contributed by atoms with Crippen LogP contribution in [0.2, 0.25) is 0 Å². The largest absolute Gasteiger partial charge is 0.477 e. The summed E-state index contributed by atoms with van der Waals surface area (Å²) in [5.74, 6) is 0.399. The zero-order valence-electron chi connectivity index (χ0n) is 16.1. The summed E-state index contributed by atoms with van der Waals surface area (Å²) in [4.78, 5) is 38.3. The first kappa shape index (κ1) is 20.5. The van der Waals surface area contributed by atoms with Crippen molar-refractivity contribution < 1.29 is 29.0 Å². The molecule has 9 heteroatoms. The molecule has 1 unspecified atom stereocenters. The zero-order valence-corrected chi connectivity index (χ0v) is 16.1. The normalized spacial score (nSPS) is 18.1. The molecule has 1 aromatic rings. The second-order valence-corrected chi connectivity index (χ2v) is 6.75. The van der Waals surface area contributed by atoms with E-state index in [4.69, 9.17) is 9.47 Å². The Bertz CT molecular complexity index is 791. The van der Waals surface area contributed by atoms with E-state index in [1.54, 1.807) is 6.92 Å². The molecule has 1 aliphatic rings. The number of carbonyl (C=O) groups excluding carboxylic acids is 2. The molecule has 27 heavy (non-hydrogen) atoms. The Balaban J connectivity index is 2.23. The molecule has 2 rings (SSSR count). The van der Waals surface area contributed by atoms with Crippen molar-refractivity contribution in [2.24, 2.45) is 0 Å². The van der Waals surface area contributed by atoms with Crippen molar-refractivity contribution in [1.29, 1.82) is 0 Å². The van der Waals surface area contributed by atoms with Gasteiger partial charge in [-0.2, -0.15) is 0 Å². The first-order chi connectivity index (χ1) is 12.6. The predicted octanol–water partition coefficient (Wildman–Crippen LogP) is 1.95. The van der Waals surface area contributed by atoms with Crippen LogP contribution in [-0.4, -0.2) is 35.7 Å². The molecule has 0 fully saturated rings. The first-order valence-corrected chi connectivity index (χ1v) is 8.62. The van der Waals surface area contributed by atoms with Gasteiger partial charge in [0, 0.05) is 25.5 Å². The summed E-state index contributed by atoms with van der Waals surface area (Å²) in [6.45, 7) is 8.38.